The number of halogens is 1. The van der Waals surface area contributed by atoms with Crippen molar-refractivity contribution in [1.29, 1.82) is 0 Å². The highest BCUT2D eigenvalue weighted by Gasteiger charge is 2.38. The molecule has 0 aliphatic rings. The van der Waals surface area contributed by atoms with Crippen molar-refractivity contribution < 1.29 is 9.16 Å². The van der Waals surface area contributed by atoms with Crippen LogP contribution >= 0.6 is 22.6 Å². The first-order valence-electron chi connectivity index (χ1n) is 8.01. The maximum atomic E-state index is 6.30. The number of rotatable bonds is 5. The minimum Gasteiger partial charge on any atom is -0.543 e. The van der Waals surface area contributed by atoms with Crippen LogP contribution in [0.2, 0.25) is 18.1 Å². The van der Waals surface area contributed by atoms with Gasteiger partial charge in [0.1, 0.15) is 17.2 Å². The third-order valence-electron chi connectivity index (χ3n) is 4.42. The summed E-state index contributed by atoms with van der Waals surface area (Å²) in [6, 6.07) is 13.9. The molecule has 0 bridgehead atoms. The second-order valence-electron chi connectivity index (χ2n) is 7.32. The van der Waals surface area contributed by atoms with Crippen molar-refractivity contribution in [3.63, 3.8) is 0 Å². The van der Waals surface area contributed by atoms with Crippen LogP contribution in [0.25, 0.3) is 6.08 Å². The van der Waals surface area contributed by atoms with E-state index in [1.54, 1.807) is 0 Å². The Morgan fingerprint density at radius 2 is 1.58 bits per heavy atom. The van der Waals surface area contributed by atoms with Crippen LogP contribution in [0.3, 0.4) is 0 Å². The summed E-state index contributed by atoms with van der Waals surface area (Å²) in [5.41, 5.74) is 0.989. The summed E-state index contributed by atoms with van der Waals surface area (Å²) in [5, 5.41) is 0.183. The first-order chi connectivity index (χ1) is 11.1. The summed E-state index contributed by atoms with van der Waals surface area (Å²) in [5.74, 6) is 2.51. The predicted molar refractivity (Wildman–Crippen MR) is 114 cm³/mol. The lowest BCUT2D eigenvalue weighted by molar-refractivity contribution is 0.474. The summed E-state index contributed by atoms with van der Waals surface area (Å²) in [7, 11) is -1.81. The Hall–Kier alpha value is -1.27. The highest BCUT2D eigenvalue weighted by molar-refractivity contribution is 14.1. The number of hydrogen-bond donors (Lipinski definition) is 0. The van der Waals surface area contributed by atoms with Gasteiger partial charge in [0.05, 0.1) is 0 Å². The van der Waals surface area contributed by atoms with Crippen molar-refractivity contribution in [3.05, 3.63) is 58.2 Å². The van der Waals surface area contributed by atoms with E-state index in [4.69, 9.17) is 9.16 Å². The molecule has 2 aromatic rings. The average Bonchev–Trinajstić information content (AvgIpc) is 2.49. The van der Waals surface area contributed by atoms with E-state index in [-0.39, 0.29) is 5.04 Å². The second kappa shape index (κ2) is 7.31. The van der Waals surface area contributed by atoms with E-state index >= 15 is 0 Å². The molecule has 0 radical (unpaired) electrons. The van der Waals surface area contributed by atoms with Gasteiger partial charge in [-0.1, -0.05) is 33.4 Å². The van der Waals surface area contributed by atoms with Gasteiger partial charge in [0, 0.05) is 9.13 Å². The lowest BCUT2D eigenvalue weighted by atomic mass is 10.2. The van der Waals surface area contributed by atoms with E-state index in [0.29, 0.717) is 0 Å². The van der Waals surface area contributed by atoms with Gasteiger partial charge in [-0.2, -0.15) is 0 Å². The standard InChI is InChI=1S/C20H25IO2Si/c1-7-15-14-16(21)8-13-19(15)22-17-9-11-18(12-10-17)23-24(5,6)20(2,3)4/h7-14H,1H2,2-6H3. The lowest BCUT2D eigenvalue weighted by Gasteiger charge is -2.36. The SMILES string of the molecule is C=Cc1cc(I)ccc1Oc1ccc(O[Si](C)(C)C(C)(C)C)cc1. The predicted octanol–water partition coefficient (Wildman–Crippen LogP) is 7.11. The molecule has 0 aliphatic carbocycles. The van der Waals surface area contributed by atoms with Crippen molar-refractivity contribution in [2.24, 2.45) is 0 Å². The Balaban J connectivity index is 2.15. The molecule has 0 aliphatic heterocycles. The number of benzene rings is 2. The normalized spacial score (nSPS) is 11.9. The van der Waals surface area contributed by atoms with E-state index in [1.165, 1.54) is 0 Å². The molecular formula is C20H25IO2Si. The van der Waals surface area contributed by atoms with E-state index in [9.17, 15) is 0 Å². The van der Waals surface area contributed by atoms with Crippen molar-refractivity contribution in [2.45, 2.75) is 38.9 Å². The van der Waals surface area contributed by atoms with Crippen LogP contribution in [-0.2, 0) is 0 Å². The summed E-state index contributed by atoms with van der Waals surface area (Å²) in [6.07, 6.45) is 1.81. The fourth-order valence-corrected chi connectivity index (χ4v) is 3.47. The minimum absolute atomic E-state index is 0.183. The van der Waals surface area contributed by atoms with Gasteiger partial charge < -0.3 is 9.16 Å². The van der Waals surface area contributed by atoms with E-state index in [2.05, 4.69) is 69.1 Å². The van der Waals surface area contributed by atoms with Crippen LogP contribution in [0.1, 0.15) is 26.3 Å². The first kappa shape index (κ1) is 19.1. The van der Waals surface area contributed by atoms with Crippen molar-refractivity contribution >= 4 is 37.0 Å². The molecule has 0 saturated heterocycles. The zero-order valence-corrected chi connectivity index (χ0v) is 18.2. The first-order valence-corrected chi connectivity index (χ1v) is 12.0. The van der Waals surface area contributed by atoms with Gasteiger partial charge >= 0.3 is 0 Å². The van der Waals surface area contributed by atoms with Gasteiger partial charge in [-0.05, 0) is 83.2 Å². The number of hydrogen-bond acceptors (Lipinski definition) is 2. The highest BCUT2D eigenvalue weighted by atomic mass is 127. The largest absolute Gasteiger partial charge is 0.543 e. The lowest BCUT2D eigenvalue weighted by Crippen LogP contribution is -2.43. The molecule has 0 spiro atoms. The molecular weight excluding hydrogens is 427 g/mol. The zero-order chi connectivity index (χ0) is 18.0. The van der Waals surface area contributed by atoms with Crippen LogP contribution in [-0.4, -0.2) is 8.32 Å². The Labute approximate surface area is 160 Å². The Morgan fingerprint density at radius 3 is 2.12 bits per heavy atom. The molecule has 0 atom stereocenters. The summed E-state index contributed by atoms with van der Waals surface area (Å²) in [6.45, 7) is 15.1. The highest BCUT2D eigenvalue weighted by Crippen LogP contribution is 2.38. The molecule has 128 valence electrons. The van der Waals surface area contributed by atoms with Gasteiger partial charge in [-0.3, -0.25) is 0 Å². The van der Waals surface area contributed by atoms with Gasteiger partial charge in [-0.25, -0.2) is 0 Å². The quantitative estimate of drug-likeness (QED) is 0.356. The van der Waals surface area contributed by atoms with Crippen molar-refractivity contribution in [3.8, 4) is 17.2 Å². The zero-order valence-electron chi connectivity index (χ0n) is 15.0. The monoisotopic (exact) mass is 452 g/mol. The van der Waals surface area contributed by atoms with Gasteiger partial charge in [0.15, 0.2) is 0 Å². The summed E-state index contributed by atoms with van der Waals surface area (Å²) < 4.78 is 13.4. The average molecular weight is 452 g/mol. The molecule has 0 saturated carbocycles. The van der Waals surface area contributed by atoms with Crippen LogP contribution in [0.4, 0.5) is 0 Å². The van der Waals surface area contributed by atoms with Crippen LogP contribution in [0.15, 0.2) is 49.0 Å². The van der Waals surface area contributed by atoms with Crippen LogP contribution in [0, 0.1) is 3.57 Å². The minimum atomic E-state index is -1.81. The Bertz CT molecular complexity index is 715. The van der Waals surface area contributed by atoms with Crippen LogP contribution < -0.4 is 9.16 Å². The van der Waals surface area contributed by atoms with E-state index in [0.717, 1.165) is 26.4 Å². The Kier molecular flexibility index (Phi) is 5.81. The van der Waals surface area contributed by atoms with Crippen molar-refractivity contribution in [1.82, 2.24) is 0 Å². The molecule has 0 heterocycles. The van der Waals surface area contributed by atoms with Gasteiger partial charge in [0.25, 0.3) is 0 Å². The van der Waals surface area contributed by atoms with Gasteiger partial charge in [0.2, 0.25) is 8.32 Å². The molecule has 2 nitrogen and oxygen atoms in total. The topological polar surface area (TPSA) is 18.5 Å². The van der Waals surface area contributed by atoms with Crippen LogP contribution in [0.5, 0.6) is 17.2 Å². The molecule has 0 unspecified atom stereocenters. The third-order valence-corrected chi connectivity index (χ3v) is 9.45. The smallest absolute Gasteiger partial charge is 0.250 e. The molecule has 2 aromatic carbocycles. The molecule has 4 heteroatoms. The molecule has 0 aromatic heterocycles. The maximum absolute atomic E-state index is 6.30. The fourth-order valence-electron chi connectivity index (χ4n) is 1.92. The molecule has 2 rings (SSSR count). The second-order valence-corrected chi connectivity index (χ2v) is 13.3. The summed E-state index contributed by atoms with van der Waals surface area (Å²) in [4.78, 5) is 0. The van der Waals surface area contributed by atoms with E-state index < -0.39 is 8.32 Å². The molecule has 0 fully saturated rings. The molecule has 0 amide bonds. The summed E-state index contributed by atoms with van der Waals surface area (Å²) >= 11 is 2.28. The van der Waals surface area contributed by atoms with Crippen molar-refractivity contribution in [2.75, 3.05) is 0 Å². The molecule has 0 N–H and O–H groups in total. The van der Waals surface area contributed by atoms with Gasteiger partial charge in [-0.15, -0.1) is 0 Å². The molecule has 24 heavy (non-hydrogen) atoms. The fraction of sp³-hybridized carbons (Fsp3) is 0.300. The number of ether oxygens (including phenoxy) is 1. The Morgan fingerprint density at radius 1 is 1.00 bits per heavy atom. The maximum Gasteiger partial charge on any atom is 0.250 e. The third kappa shape index (κ3) is 4.63. The van der Waals surface area contributed by atoms with E-state index in [1.807, 2.05) is 42.5 Å².